The van der Waals surface area contributed by atoms with Gasteiger partial charge in [0, 0.05) is 54.0 Å². The van der Waals surface area contributed by atoms with Crippen LogP contribution in [0.15, 0.2) is 254 Å². The van der Waals surface area contributed by atoms with Crippen LogP contribution in [0.4, 0.5) is 0 Å². The first-order valence-electron chi connectivity index (χ1n) is 39.5. The van der Waals surface area contributed by atoms with E-state index in [0.29, 0.717) is 53.9 Å². The van der Waals surface area contributed by atoms with Crippen molar-refractivity contribution < 1.29 is 92.0 Å². The third kappa shape index (κ3) is 64.4. The second-order valence-electron chi connectivity index (χ2n) is 27.9. The van der Waals surface area contributed by atoms with Gasteiger partial charge in [0.2, 0.25) is 0 Å². The first kappa shape index (κ1) is 115. The minimum absolute atomic E-state index is 0.0491. The average molecular weight is 1720 g/mol. The van der Waals surface area contributed by atoms with Crippen molar-refractivity contribution in [1.82, 2.24) is 0 Å². The molecule has 0 aliphatic carbocycles. The predicted octanol–water partition coefficient (Wildman–Crippen LogP) is 20.6. The van der Waals surface area contributed by atoms with E-state index >= 15 is 0 Å². The number of ether oxygens (including phenoxy) is 6. The number of alkyl halides is 1. The molecule has 652 valence electrons. The second kappa shape index (κ2) is 73.6. The van der Waals surface area contributed by atoms with Crippen LogP contribution in [-0.2, 0) is 71.6 Å². The summed E-state index contributed by atoms with van der Waals surface area (Å²) in [5.74, 6) is -3.33. The summed E-state index contributed by atoms with van der Waals surface area (Å²) in [6.07, 6.45) is 40.8. The molecule has 118 heavy (non-hydrogen) atoms. The minimum atomic E-state index is -1.84. The Labute approximate surface area is 715 Å². The summed E-state index contributed by atoms with van der Waals surface area (Å²) >= 11 is 3.34. The highest BCUT2D eigenvalue weighted by atomic mass is 79.9. The summed E-state index contributed by atoms with van der Waals surface area (Å²) in [6, 6.07) is 32.8. The molecule has 0 bridgehead atoms. The molecule has 0 atom stereocenters. The van der Waals surface area contributed by atoms with Crippen molar-refractivity contribution in [2.24, 2.45) is 0 Å². The molecule has 19 nitrogen and oxygen atoms in total. The molecule has 4 N–H and O–H groups in total. The normalized spacial score (nSPS) is 12.5. The van der Waals surface area contributed by atoms with Crippen LogP contribution in [0.5, 0.6) is 0 Å². The van der Waals surface area contributed by atoms with Crippen LogP contribution < -0.4 is 15.9 Å². The summed E-state index contributed by atoms with van der Waals surface area (Å²) in [5.41, 5.74) is 13.2. The maximum absolute atomic E-state index is 11.6. The first-order chi connectivity index (χ1) is 55.9. The van der Waals surface area contributed by atoms with Crippen LogP contribution in [0.3, 0.4) is 0 Å². The Morgan fingerprint density at radius 1 is 0.331 bits per heavy atom. The number of hydrogen-bond acceptors (Lipinski definition) is 17. The molecule has 0 aliphatic rings. The number of halogens is 1. The van der Waals surface area contributed by atoms with Gasteiger partial charge in [-0.05, 0) is 260 Å². The molecule has 3 aromatic rings. The lowest BCUT2D eigenvalue weighted by molar-refractivity contribution is -0.140. The quantitative estimate of drug-likeness (QED) is 0.00781. The van der Waals surface area contributed by atoms with Gasteiger partial charge in [-0.3, -0.25) is 19.2 Å². The standard InChI is InChI=1S/C29H32O2P.C12H18O4.C12H18O3.C12H20O2.C11H17BrO2.C11H18O3.C10H16O3/c1-24(14-13-15-25(2)29(30)31-3)22-23-32(26-16-7-4-8-17-26,27-18-9-5-10-19-27)28-20-11-6-12-21-28;1-9(7-8-16-11(3)13)5-4-6-10(2)12(14)15;1-10(7-8-15-12(3)14)5-4-6-11(2)9-13;1-10(2)6-5-7-11(3)8-9-14-12(4)13;2*1-9(7-8-12)5-4-6-10(2)11(13)14-3;1-8(6-7-11)4-3-5-9(2)10(12)13/h4-12,15-22H,13-14,23H2,1-3H3;6-7H,4-5,8H2,1-3H3,(H,14,15);6-7,9H,4-5,8H2,1-3H3;6,8H,5,7,9H2,1-4H3;6-7H,4-5,8H2,1-3H3;6-7,12H,4-5,8H2,1-3H3;5-6,11H,3-4,7H2,1-2H3,(H,12,13)/q+1;;;;;;/b24-22+,25-15+;9-7+,10-6+;10-7+,11-6+;11-8+;2*9-7+,10-6+;8-6+,9-5+. The van der Waals surface area contributed by atoms with Gasteiger partial charge in [0.05, 0.1) is 40.7 Å². The van der Waals surface area contributed by atoms with Crippen molar-refractivity contribution >= 4 is 93.1 Å². The molecule has 0 amide bonds. The van der Waals surface area contributed by atoms with Gasteiger partial charge in [-0.15, -0.1) is 0 Å². The average Bonchev–Trinajstić information content (AvgIpc) is 0.758. The molecule has 0 heterocycles. The Kier molecular flexibility index (Phi) is 71.5. The van der Waals surface area contributed by atoms with E-state index < -0.39 is 19.2 Å². The molecule has 0 aromatic heterocycles. The number of aliphatic hydroxyl groups excluding tert-OH is 2. The van der Waals surface area contributed by atoms with Crippen molar-refractivity contribution in [2.75, 3.05) is 65.9 Å². The van der Waals surface area contributed by atoms with E-state index in [-0.39, 0.29) is 55.6 Å². The molecule has 0 fully saturated rings. The van der Waals surface area contributed by atoms with Gasteiger partial charge >= 0.3 is 47.8 Å². The third-order valence-electron chi connectivity index (χ3n) is 17.2. The number of rotatable bonds is 41. The van der Waals surface area contributed by atoms with Crippen molar-refractivity contribution in [1.29, 1.82) is 0 Å². The number of methoxy groups -OCH3 is 3. The molecule has 0 radical (unpaired) electrons. The molecule has 0 spiro atoms. The molecule has 21 heteroatoms. The Morgan fingerprint density at radius 3 is 0.814 bits per heavy atom. The molecule has 0 unspecified atom stereocenters. The number of allylic oxidation sites excluding steroid dienone is 18. The van der Waals surface area contributed by atoms with Gasteiger partial charge in [0.1, 0.15) is 49.3 Å². The van der Waals surface area contributed by atoms with E-state index in [1.807, 2.05) is 77.2 Å². The zero-order chi connectivity index (χ0) is 90.2. The van der Waals surface area contributed by atoms with E-state index in [9.17, 15) is 43.2 Å². The van der Waals surface area contributed by atoms with E-state index in [1.165, 1.54) is 80.3 Å². The number of carboxylic acids is 2. The van der Waals surface area contributed by atoms with Gasteiger partial charge in [-0.1, -0.05) is 176 Å². The topological polar surface area (TPSA) is 290 Å². The monoisotopic (exact) mass is 1720 g/mol. The van der Waals surface area contributed by atoms with Crippen molar-refractivity contribution in [2.45, 2.75) is 215 Å². The van der Waals surface area contributed by atoms with Crippen LogP contribution >= 0.6 is 23.2 Å². The first-order valence-corrected chi connectivity index (χ1v) is 42.6. The number of carbonyl (C=O) groups excluding carboxylic acids is 7. The van der Waals surface area contributed by atoms with Crippen molar-refractivity contribution in [3.8, 4) is 0 Å². The molecular weight excluding hydrogens is 1580 g/mol. The van der Waals surface area contributed by atoms with Crippen molar-refractivity contribution in [3.05, 3.63) is 254 Å². The van der Waals surface area contributed by atoms with E-state index in [1.54, 1.807) is 58.9 Å². The summed E-state index contributed by atoms with van der Waals surface area (Å²) in [7, 11) is 2.35. The molecular formula is C97H139BrO19P+. The smallest absolute Gasteiger partial charge is 0.333 e. The number of aldehydes is 1. The summed E-state index contributed by atoms with van der Waals surface area (Å²) in [5, 5.41) is 39.4. The number of carboxylic acid groups (broad SMARTS) is 2. The highest BCUT2D eigenvalue weighted by Gasteiger charge is 2.44. The lowest BCUT2D eigenvalue weighted by Crippen LogP contribution is -2.33. The Bertz CT molecular complexity index is 3760. The van der Waals surface area contributed by atoms with Crippen LogP contribution in [-0.4, -0.2) is 140 Å². The number of aliphatic hydroxyl groups is 2. The largest absolute Gasteiger partial charge is 0.478 e. The fourth-order valence-corrected chi connectivity index (χ4v) is 14.5. The summed E-state index contributed by atoms with van der Waals surface area (Å²) < 4.78 is 28.3. The van der Waals surface area contributed by atoms with Crippen LogP contribution in [0.1, 0.15) is 215 Å². The maximum atomic E-state index is 11.6. The molecule has 0 saturated heterocycles. The SMILES string of the molecule is C/C(=C\CO)CC/C=C(\C)C(=O)O.CC(=O)OC/C=C(\C)CC/C=C(\C)C(=O)O.CC(=O)OC/C=C(\C)CC/C=C(\C)C=O.CC(=O)OC/C=C(\C)CCC=C(C)C.COC(=O)/C(C)=C/CC/C(C)=C/CBr.COC(=O)/C(C)=C/CC/C(C)=C/CO.COC(=O)/C(C)=C/CC/C(C)=C/C[P+](c1ccccc1)(c1ccccc1)c1ccccc1. The van der Waals surface area contributed by atoms with E-state index in [0.717, 1.165) is 123 Å². The minimum Gasteiger partial charge on any atom is -0.478 e. The highest BCUT2D eigenvalue weighted by molar-refractivity contribution is 9.09. The third-order valence-corrected chi connectivity index (χ3v) is 21.8. The molecule has 0 saturated carbocycles. The Balaban J connectivity index is -0.000000666. The van der Waals surface area contributed by atoms with Crippen LogP contribution in [0.2, 0.25) is 0 Å². The van der Waals surface area contributed by atoms with Gasteiger partial charge < -0.3 is 48.8 Å². The Morgan fingerprint density at radius 2 is 0.576 bits per heavy atom. The molecule has 3 rings (SSSR count). The summed E-state index contributed by atoms with van der Waals surface area (Å²) in [4.78, 5) is 96.1. The highest BCUT2D eigenvalue weighted by Crippen LogP contribution is 2.55. The molecule has 3 aromatic carbocycles. The number of benzene rings is 3. The van der Waals surface area contributed by atoms with Gasteiger partial charge in [0.15, 0.2) is 0 Å². The van der Waals surface area contributed by atoms with Gasteiger partial charge in [-0.25, -0.2) is 24.0 Å². The number of aliphatic carboxylic acids is 2. The van der Waals surface area contributed by atoms with Gasteiger partial charge in [-0.2, -0.15) is 0 Å². The van der Waals surface area contributed by atoms with Gasteiger partial charge in [0.25, 0.3) is 0 Å². The number of carbonyl (C=O) groups is 9. The van der Waals surface area contributed by atoms with Crippen LogP contribution in [0.25, 0.3) is 0 Å². The van der Waals surface area contributed by atoms with E-state index in [2.05, 4.69) is 169 Å². The number of hydrogen-bond donors (Lipinski definition) is 4. The maximum Gasteiger partial charge on any atom is 0.333 e. The van der Waals surface area contributed by atoms with Crippen molar-refractivity contribution in [3.63, 3.8) is 0 Å². The lowest BCUT2D eigenvalue weighted by Gasteiger charge is -2.27. The number of esters is 6. The lowest BCUT2D eigenvalue weighted by atomic mass is 10.1. The summed E-state index contributed by atoms with van der Waals surface area (Å²) in [6.45, 7) is 33.9. The van der Waals surface area contributed by atoms with Crippen LogP contribution in [0, 0.1) is 0 Å². The predicted molar refractivity (Wildman–Crippen MR) is 488 cm³/mol. The van der Waals surface area contributed by atoms with E-state index in [4.69, 9.17) is 39.4 Å². The zero-order valence-electron chi connectivity index (χ0n) is 74.4. The molecule has 0 aliphatic heterocycles. The zero-order valence-corrected chi connectivity index (χ0v) is 76.9. The fraction of sp³-hybridized carbons (Fsp3) is 0.433. The Hall–Kier alpha value is -9.72. The fourth-order valence-electron chi connectivity index (χ4n) is 9.82. The second-order valence-corrected chi connectivity index (χ2v) is 32.1.